The topological polar surface area (TPSA) is 76.4 Å². The summed E-state index contributed by atoms with van der Waals surface area (Å²) in [5, 5.41) is 8.91. The van der Waals surface area contributed by atoms with Gasteiger partial charge in [0.1, 0.15) is 5.82 Å². The lowest BCUT2D eigenvalue weighted by Crippen LogP contribution is -2.52. The number of hydrogen-bond donors (Lipinski definition) is 0. The van der Waals surface area contributed by atoms with Gasteiger partial charge >= 0.3 is 0 Å². The van der Waals surface area contributed by atoms with Gasteiger partial charge in [0.2, 0.25) is 5.91 Å². The Morgan fingerprint density at radius 3 is 2.46 bits per heavy atom. The van der Waals surface area contributed by atoms with Crippen molar-refractivity contribution in [2.75, 3.05) is 42.5 Å². The van der Waals surface area contributed by atoms with Gasteiger partial charge in [-0.2, -0.15) is 5.26 Å². The van der Waals surface area contributed by atoms with Gasteiger partial charge in [-0.25, -0.2) is 4.98 Å². The van der Waals surface area contributed by atoms with Crippen molar-refractivity contribution in [3.05, 3.63) is 48.4 Å². The number of nitrogens with zero attached hydrogens (tertiary/aromatic N) is 6. The Morgan fingerprint density at radius 1 is 1.04 bits per heavy atom. The van der Waals surface area contributed by atoms with Crippen molar-refractivity contribution in [2.45, 2.75) is 12.5 Å². The van der Waals surface area contributed by atoms with Gasteiger partial charge in [0, 0.05) is 50.8 Å². The second-order valence-corrected chi connectivity index (χ2v) is 6.54. The predicted octanol–water partition coefficient (Wildman–Crippen LogP) is 1.28. The van der Waals surface area contributed by atoms with Gasteiger partial charge in [-0.05, 0) is 30.7 Å². The largest absolute Gasteiger partial charge is 0.353 e. The first-order valence-electron chi connectivity index (χ1n) is 8.83. The van der Waals surface area contributed by atoms with Crippen LogP contribution in [0.15, 0.2) is 42.9 Å². The number of rotatable bonds is 3. The summed E-state index contributed by atoms with van der Waals surface area (Å²) in [6, 6.07) is 9.27. The quantitative estimate of drug-likeness (QED) is 0.832. The van der Waals surface area contributed by atoms with E-state index in [0.29, 0.717) is 5.56 Å². The highest BCUT2D eigenvalue weighted by Crippen LogP contribution is 2.26. The number of aromatic nitrogens is 2. The lowest BCUT2D eigenvalue weighted by atomic mass is 10.1. The Hall–Kier alpha value is -2.98. The maximum absolute atomic E-state index is 12.9. The fourth-order valence-electron chi connectivity index (χ4n) is 3.69. The van der Waals surface area contributed by atoms with Crippen LogP contribution in [-0.4, -0.2) is 59.5 Å². The van der Waals surface area contributed by atoms with Crippen molar-refractivity contribution in [1.29, 1.82) is 5.26 Å². The van der Waals surface area contributed by atoms with E-state index in [9.17, 15) is 4.79 Å². The lowest BCUT2D eigenvalue weighted by molar-refractivity contribution is -0.121. The zero-order valence-electron chi connectivity index (χ0n) is 14.5. The van der Waals surface area contributed by atoms with E-state index in [-0.39, 0.29) is 11.9 Å². The Bertz CT molecular complexity index is 808. The third kappa shape index (κ3) is 3.11. The van der Waals surface area contributed by atoms with Gasteiger partial charge in [0.15, 0.2) is 0 Å². The van der Waals surface area contributed by atoms with E-state index in [1.165, 1.54) is 0 Å². The summed E-state index contributed by atoms with van der Waals surface area (Å²) in [5.41, 5.74) is 1.48. The van der Waals surface area contributed by atoms with Crippen LogP contribution < -0.4 is 9.80 Å². The summed E-state index contributed by atoms with van der Waals surface area (Å²) >= 11 is 0. The summed E-state index contributed by atoms with van der Waals surface area (Å²) in [6.45, 7) is 4.10. The van der Waals surface area contributed by atoms with Crippen molar-refractivity contribution >= 4 is 17.4 Å². The summed E-state index contributed by atoms with van der Waals surface area (Å²) in [7, 11) is 0. The molecule has 1 aromatic carbocycles. The Morgan fingerprint density at radius 2 is 1.81 bits per heavy atom. The average Bonchev–Trinajstić information content (AvgIpc) is 3.10. The van der Waals surface area contributed by atoms with Gasteiger partial charge in [0.25, 0.3) is 0 Å². The van der Waals surface area contributed by atoms with Crippen LogP contribution in [0.3, 0.4) is 0 Å². The number of carbonyl (C=O) groups excluding carboxylic acids is 1. The molecule has 2 saturated heterocycles. The third-order valence-electron chi connectivity index (χ3n) is 5.11. The van der Waals surface area contributed by atoms with Gasteiger partial charge in [-0.1, -0.05) is 0 Å². The van der Waals surface area contributed by atoms with Crippen LogP contribution in [0.1, 0.15) is 12.0 Å². The van der Waals surface area contributed by atoms with Crippen LogP contribution in [-0.2, 0) is 4.79 Å². The fourth-order valence-corrected chi connectivity index (χ4v) is 3.69. The summed E-state index contributed by atoms with van der Waals surface area (Å²) in [5.74, 6) is 1.05. The van der Waals surface area contributed by atoms with Crippen LogP contribution in [0.5, 0.6) is 0 Å². The molecule has 0 spiro atoms. The van der Waals surface area contributed by atoms with Crippen LogP contribution in [0.2, 0.25) is 0 Å². The van der Waals surface area contributed by atoms with E-state index in [1.807, 2.05) is 17.0 Å². The number of hydrogen-bond acceptors (Lipinski definition) is 6. The zero-order valence-corrected chi connectivity index (χ0v) is 14.5. The summed E-state index contributed by atoms with van der Waals surface area (Å²) in [4.78, 5) is 27.7. The number of benzene rings is 1. The molecule has 3 heterocycles. The molecule has 0 aliphatic carbocycles. The third-order valence-corrected chi connectivity index (χ3v) is 5.11. The van der Waals surface area contributed by atoms with E-state index in [0.717, 1.165) is 50.6 Å². The van der Waals surface area contributed by atoms with Crippen molar-refractivity contribution in [2.24, 2.45) is 0 Å². The van der Waals surface area contributed by atoms with Gasteiger partial charge in [-0.15, -0.1) is 0 Å². The van der Waals surface area contributed by atoms with Crippen molar-refractivity contribution in [1.82, 2.24) is 14.9 Å². The first-order valence-corrected chi connectivity index (χ1v) is 8.83. The maximum Gasteiger partial charge on any atom is 0.244 e. The van der Waals surface area contributed by atoms with Crippen LogP contribution in [0.25, 0.3) is 0 Å². The normalized spacial score (nSPS) is 21.0. The van der Waals surface area contributed by atoms with E-state index in [2.05, 4.69) is 25.8 Å². The minimum absolute atomic E-state index is 0.0605. The summed E-state index contributed by atoms with van der Waals surface area (Å²) < 4.78 is 0. The maximum atomic E-state index is 12.9. The monoisotopic (exact) mass is 348 g/mol. The molecule has 1 atom stereocenters. The average molecular weight is 348 g/mol. The Labute approximate surface area is 152 Å². The number of nitriles is 1. The summed E-state index contributed by atoms with van der Waals surface area (Å²) in [6.07, 6.45) is 6.00. The number of carbonyl (C=O) groups is 1. The zero-order chi connectivity index (χ0) is 17.9. The molecule has 132 valence electrons. The first kappa shape index (κ1) is 16.5. The van der Waals surface area contributed by atoms with Gasteiger partial charge < -0.3 is 9.80 Å². The molecule has 0 saturated carbocycles. The molecule has 2 aliphatic rings. The van der Waals surface area contributed by atoms with E-state index >= 15 is 0 Å². The highest BCUT2D eigenvalue weighted by molar-refractivity contribution is 5.99. The molecular formula is C19H20N6O. The Balaban J connectivity index is 1.39. The van der Waals surface area contributed by atoms with Crippen LogP contribution >= 0.6 is 0 Å². The molecule has 2 aliphatic heterocycles. The van der Waals surface area contributed by atoms with Crippen LogP contribution in [0.4, 0.5) is 11.5 Å². The first-order chi connectivity index (χ1) is 12.8. The number of anilines is 2. The molecule has 1 unspecified atom stereocenters. The standard InChI is InChI=1S/C19H20N6O/c20-13-15-1-3-16(4-2-15)25-8-5-17(19(25)26)23-9-11-24(12-10-23)18-14-21-6-7-22-18/h1-4,6-7,14,17H,5,8-12H2. The SMILES string of the molecule is N#Cc1ccc(N2CCC(N3CCN(c4cnccn4)CC3)C2=O)cc1. The number of amides is 1. The molecule has 0 N–H and O–H groups in total. The molecule has 0 radical (unpaired) electrons. The van der Waals surface area contributed by atoms with E-state index < -0.39 is 0 Å². The van der Waals surface area contributed by atoms with Crippen molar-refractivity contribution in [3.63, 3.8) is 0 Å². The van der Waals surface area contributed by atoms with Crippen molar-refractivity contribution < 1.29 is 4.79 Å². The minimum atomic E-state index is -0.0605. The molecule has 1 aromatic heterocycles. The van der Waals surface area contributed by atoms with Gasteiger partial charge in [0.05, 0.1) is 23.9 Å². The minimum Gasteiger partial charge on any atom is -0.353 e. The number of piperazine rings is 1. The second-order valence-electron chi connectivity index (χ2n) is 6.54. The molecule has 7 heteroatoms. The van der Waals surface area contributed by atoms with E-state index in [4.69, 9.17) is 5.26 Å². The van der Waals surface area contributed by atoms with Gasteiger partial charge in [-0.3, -0.25) is 14.7 Å². The predicted molar refractivity (Wildman–Crippen MR) is 97.7 cm³/mol. The second kappa shape index (κ2) is 7.10. The molecule has 4 rings (SSSR count). The lowest BCUT2D eigenvalue weighted by Gasteiger charge is -2.37. The fraction of sp³-hybridized carbons (Fsp3) is 0.368. The van der Waals surface area contributed by atoms with Crippen molar-refractivity contribution in [3.8, 4) is 6.07 Å². The molecule has 26 heavy (non-hydrogen) atoms. The smallest absolute Gasteiger partial charge is 0.244 e. The van der Waals surface area contributed by atoms with E-state index in [1.54, 1.807) is 30.7 Å². The molecule has 1 amide bonds. The molecule has 7 nitrogen and oxygen atoms in total. The molecule has 2 aromatic rings. The van der Waals surface area contributed by atoms with Crippen LogP contribution in [0, 0.1) is 11.3 Å². The highest BCUT2D eigenvalue weighted by atomic mass is 16.2. The molecule has 2 fully saturated rings. The molecule has 0 bridgehead atoms. The highest BCUT2D eigenvalue weighted by Gasteiger charge is 2.37. The Kier molecular flexibility index (Phi) is 4.50. The molecular weight excluding hydrogens is 328 g/mol.